The summed E-state index contributed by atoms with van der Waals surface area (Å²) in [4.78, 5) is 12.7. The minimum atomic E-state index is -0.200. The molecule has 0 radical (unpaired) electrons. The van der Waals surface area contributed by atoms with E-state index in [1.807, 2.05) is 24.3 Å². The van der Waals surface area contributed by atoms with Gasteiger partial charge in [-0.15, -0.1) is 5.10 Å². The van der Waals surface area contributed by atoms with E-state index >= 15 is 0 Å². The van der Waals surface area contributed by atoms with Crippen molar-refractivity contribution in [1.82, 2.24) is 25.5 Å². The maximum absolute atomic E-state index is 12.7. The lowest BCUT2D eigenvalue weighted by atomic mass is 9.88. The first-order valence-electron chi connectivity index (χ1n) is 10.7. The number of ether oxygens (including phenoxy) is 3. The molecule has 9 nitrogen and oxygen atoms in total. The Morgan fingerprint density at radius 3 is 2.83 bits per heavy atom. The Bertz CT molecular complexity index is 897. The summed E-state index contributed by atoms with van der Waals surface area (Å²) < 4.78 is 19.2. The number of amides is 1. The van der Waals surface area contributed by atoms with Gasteiger partial charge in [-0.2, -0.15) is 0 Å². The highest BCUT2D eigenvalue weighted by atomic mass is 16.6. The minimum absolute atomic E-state index is 0.120. The van der Waals surface area contributed by atoms with Crippen LogP contribution in [0.15, 0.2) is 24.3 Å². The van der Waals surface area contributed by atoms with Gasteiger partial charge >= 0.3 is 0 Å². The smallest absolute Gasteiger partial charge is 0.223 e. The van der Waals surface area contributed by atoms with Gasteiger partial charge in [0.25, 0.3) is 0 Å². The molecule has 1 aliphatic carbocycles. The van der Waals surface area contributed by atoms with E-state index in [0.29, 0.717) is 19.0 Å². The molecule has 30 heavy (non-hydrogen) atoms. The van der Waals surface area contributed by atoms with Gasteiger partial charge in [-0.3, -0.25) is 4.79 Å². The molecule has 1 N–H and O–H groups in total. The predicted octanol–water partition coefficient (Wildman–Crippen LogP) is 1.75. The number of rotatable bonds is 5. The van der Waals surface area contributed by atoms with E-state index in [1.54, 1.807) is 11.8 Å². The maximum Gasteiger partial charge on any atom is 0.223 e. The molecular weight excluding hydrogens is 386 g/mol. The number of hydrogen-bond donors (Lipinski definition) is 1. The molecule has 0 spiro atoms. The molecule has 9 heteroatoms. The Balaban J connectivity index is 1.30. The van der Waals surface area contributed by atoms with Crippen molar-refractivity contribution in [2.75, 3.05) is 20.3 Å². The first-order chi connectivity index (χ1) is 14.7. The van der Waals surface area contributed by atoms with Crippen molar-refractivity contribution in [2.45, 2.75) is 56.4 Å². The van der Waals surface area contributed by atoms with Crippen LogP contribution in [0, 0.1) is 5.92 Å². The first-order valence-corrected chi connectivity index (χ1v) is 10.7. The molecule has 3 heterocycles. The van der Waals surface area contributed by atoms with Gasteiger partial charge in [0.2, 0.25) is 5.91 Å². The summed E-state index contributed by atoms with van der Waals surface area (Å²) in [5, 5.41) is 15.5. The summed E-state index contributed by atoms with van der Waals surface area (Å²) in [6, 6.07) is 7.35. The Hall–Kier alpha value is -2.52. The summed E-state index contributed by atoms with van der Waals surface area (Å²) in [5.74, 6) is 1.64. The molecule has 2 aliphatic heterocycles. The lowest BCUT2D eigenvalue weighted by molar-refractivity contribution is -0.127. The second-order valence-electron chi connectivity index (χ2n) is 8.29. The molecule has 0 bridgehead atoms. The molecule has 3 fully saturated rings. The normalized spacial score (nSPS) is 29.0. The zero-order valence-electron chi connectivity index (χ0n) is 17.1. The van der Waals surface area contributed by atoms with Crippen LogP contribution < -0.4 is 10.1 Å². The number of methoxy groups -OCH3 is 1. The van der Waals surface area contributed by atoms with E-state index in [2.05, 4.69) is 20.8 Å². The number of aromatic nitrogens is 4. The average Bonchev–Trinajstić information content (AvgIpc) is 3.52. The van der Waals surface area contributed by atoms with Crippen LogP contribution in [0.2, 0.25) is 0 Å². The van der Waals surface area contributed by atoms with E-state index in [4.69, 9.17) is 14.2 Å². The van der Waals surface area contributed by atoms with E-state index < -0.39 is 0 Å². The third-order valence-corrected chi connectivity index (χ3v) is 6.47. The van der Waals surface area contributed by atoms with Gasteiger partial charge < -0.3 is 19.5 Å². The van der Waals surface area contributed by atoms with Crippen molar-refractivity contribution >= 4 is 5.91 Å². The Morgan fingerprint density at radius 2 is 2.00 bits per heavy atom. The van der Waals surface area contributed by atoms with Crippen LogP contribution in [0.4, 0.5) is 0 Å². The van der Waals surface area contributed by atoms with Crippen molar-refractivity contribution in [3.63, 3.8) is 0 Å². The monoisotopic (exact) mass is 413 g/mol. The number of nitrogens with zero attached hydrogens (tertiary/aromatic N) is 4. The highest BCUT2D eigenvalue weighted by Crippen LogP contribution is 2.36. The van der Waals surface area contributed by atoms with Crippen LogP contribution in [0.5, 0.6) is 5.75 Å². The standard InChI is InChI=1S/C21H27N5O4/c1-28-15-9-5-8-14(10-15)20-23-24-25-26(20)17-12-30-18-16(11-29-19(17)18)22-21(27)13-6-3-2-4-7-13/h5,8-10,13,16-19H,2-4,6-7,11-12H2,1H3,(H,22,27)/t16-,17+,18-,19+/m0/s1. The van der Waals surface area contributed by atoms with Gasteiger partial charge in [0.1, 0.15) is 24.0 Å². The fourth-order valence-electron chi connectivity index (χ4n) is 4.85. The molecule has 0 unspecified atom stereocenters. The second-order valence-corrected chi connectivity index (χ2v) is 8.29. The molecule has 2 aromatic rings. The molecule has 1 saturated carbocycles. The first kappa shape index (κ1) is 19.4. The van der Waals surface area contributed by atoms with Crippen LogP contribution >= 0.6 is 0 Å². The van der Waals surface area contributed by atoms with Gasteiger partial charge in [-0.05, 0) is 35.4 Å². The van der Waals surface area contributed by atoms with Gasteiger partial charge in [-0.1, -0.05) is 31.4 Å². The van der Waals surface area contributed by atoms with E-state index in [9.17, 15) is 4.79 Å². The number of nitrogens with one attached hydrogen (secondary N) is 1. The maximum atomic E-state index is 12.7. The molecule has 1 aromatic carbocycles. The summed E-state index contributed by atoms with van der Waals surface area (Å²) >= 11 is 0. The van der Waals surface area contributed by atoms with Crippen LogP contribution in [0.3, 0.4) is 0 Å². The molecule has 4 atom stereocenters. The van der Waals surface area contributed by atoms with Crippen LogP contribution in [0.25, 0.3) is 11.4 Å². The zero-order chi connectivity index (χ0) is 20.5. The largest absolute Gasteiger partial charge is 0.497 e. The fourth-order valence-corrected chi connectivity index (χ4v) is 4.85. The number of carbonyl (C=O) groups excluding carboxylic acids is 1. The Labute approximate surface area is 175 Å². The van der Waals surface area contributed by atoms with Gasteiger partial charge in [0.05, 0.1) is 26.4 Å². The number of tetrazole rings is 1. The summed E-state index contributed by atoms with van der Waals surface area (Å²) in [5.41, 5.74) is 0.864. The van der Waals surface area contributed by atoms with E-state index in [1.165, 1.54) is 6.42 Å². The van der Waals surface area contributed by atoms with E-state index in [-0.39, 0.29) is 36.1 Å². The minimum Gasteiger partial charge on any atom is -0.497 e. The van der Waals surface area contributed by atoms with Gasteiger partial charge in [-0.25, -0.2) is 4.68 Å². The molecule has 3 aliphatic rings. The van der Waals surface area contributed by atoms with Gasteiger partial charge in [0, 0.05) is 11.5 Å². The summed E-state index contributed by atoms with van der Waals surface area (Å²) in [7, 11) is 1.63. The molecule has 1 amide bonds. The average molecular weight is 413 g/mol. The molecule has 5 rings (SSSR count). The van der Waals surface area contributed by atoms with Crippen molar-refractivity contribution in [3.05, 3.63) is 24.3 Å². The van der Waals surface area contributed by atoms with Crippen molar-refractivity contribution < 1.29 is 19.0 Å². The third kappa shape index (κ3) is 3.56. The van der Waals surface area contributed by atoms with Crippen molar-refractivity contribution in [2.24, 2.45) is 5.92 Å². The Kier molecular flexibility index (Phi) is 5.39. The summed E-state index contributed by atoms with van der Waals surface area (Å²) in [6.07, 6.45) is 5.07. The molecular formula is C21H27N5O4. The quantitative estimate of drug-likeness (QED) is 0.797. The predicted molar refractivity (Wildman–Crippen MR) is 107 cm³/mol. The summed E-state index contributed by atoms with van der Waals surface area (Å²) in [6.45, 7) is 0.883. The highest BCUT2D eigenvalue weighted by Gasteiger charge is 2.50. The van der Waals surface area contributed by atoms with Crippen molar-refractivity contribution in [3.8, 4) is 17.1 Å². The zero-order valence-corrected chi connectivity index (χ0v) is 17.1. The third-order valence-electron chi connectivity index (χ3n) is 6.47. The molecule has 1 aromatic heterocycles. The van der Waals surface area contributed by atoms with Gasteiger partial charge in [0.15, 0.2) is 5.82 Å². The number of carbonyl (C=O) groups is 1. The lowest BCUT2D eigenvalue weighted by Gasteiger charge is -2.24. The fraction of sp³-hybridized carbons (Fsp3) is 0.619. The van der Waals surface area contributed by atoms with Crippen LogP contribution in [0.1, 0.15) is 38.1 Å². The number of benzene rings is 1. The van der Waals surface area contributed by atoms with Crippen LogP contribution in [-0.4, -0.2) is 64.7 Å². The molecule has 160 valence electrons. The van der Waals surface area contributed by atoms with E-state index in [0.717, 1.165) is 37.0 Å². The molecule has 2 saturated heterocycles. The van der Waals surface area contributed by atoms with Crippen LogP contribution in [-0.2, 0) is 14.3 Å². The topological polar surface area (TPSA) is 100 Å². The van der Waals surface area contributed by atoms with Crippen molar-refractivity contribution in [1.29, 1.82) is 0 Å². The lowest BCUT2D eigenvalue weighted by Crippen LogP contribution is -2.46. The number of hydrogen-bond acceptors (Lipinski definition) is 7. The highest BCUT2D eigenvalue weighted by molar-refractivity contribution is 5.79. The SMILES string of the molecule is COc1cccc(-c2nnnn2[C@@H]2CO[C@@H]3[C@@H]2OC[C@@H]3NC(=O)C2CCCCC2)c1. The number of fused-ring (bicyclic) bond motifs is 1. The second kappa shape index (κ2) is 8.31. The Morgan fingerprint density at radius 1 is 1.17 bits per heavy atom.